The highest BCUT2D eigenvalue weighted by atomic mass is 16.6. The molecule has 0 spiro atoms. The second-order valence-corrected chi connectivity index (χ2v) is 5.02. The van der Waals surface area contributed by atoms with E-state index < -0.39 is 16.8 Å². The van der Waals surface area contributed by atoms with Crippen molar-refractivity contribution in [3.8, 4) is 0 Å². The molecule has 2 N–H and O–H groups in total. The highest BCUT2D eigenvalue weighted by molar-refractivity contribution is 5.91. The maximum absolute atomic E-state index is 11.7. The Kier molecular flexibility index (Phi) is 6.47. The summed E-state index contributed by atoms with van der Waals surface area (Å²) in [6, 6.07) is 14.4. The Hall–Kier alpha value is -3.42. The average Bonchev–Trinajstić information content (AvgIpc) is 2.64. The van der Waals surface area contributed by atoms with Crippen LogP contribution in [0.2, 0.25) is 0 Å². The van der Waals surface area contributed by atoms with E-state index in [1.165, 1.54) is 12.1 Å². The Morgan fingerprint density at radius 3 is 2.32 bits per heavy atom. The lowest BCUT2D eigenvalue weighted by atomic mass is 10.2. The third kappa shape index (κ3) is 5.94. The van der Waals surface area contributed by atoms with Gasteiger partial charge in [-0.3, -0.25) is 14.9 Å². The maximum atomic E-state index is 11.7. The number of nitrogens with one attached hydrogen (secondary N) is 2. The Morgan fingerprint density at radius 2 is 1.68 bits per heavy atom. The minimum atomic E-state index is -0.556. The van der Waals surface area contributed by atoms with Crippen LogP contribution in [0.25, 0.3) is 0 Å². The van der Waals surface area contributed by atoms with Crippen LogP contribution in [0.4, 0.5) is 11.4 Å². The highest BCUT2D eigenvalue weighted by Gasteiger charge is 2.09. The van der Waals surface area contributed by atoms with Crippen LogP contribution in [0.1, 0.15) is 10.4 Å². The van der Waals surface area contributed by atoms with Crippen molar-refractivity contribution in [1.29, 1.82) is 0 Å². The number of benzene rings is 2. The normalized spacial score (nSPS) is 9.92. The van der Waals surface area contributed by atoms with Crippen molar-refractivity contribution in [2.75, 3.05) is 25.0 Å². The number of carbonyl (C=O) groups is 2. The molecule has 0 saturated carbocycles. The zero-order chi connectivity index (χ0) is 18.1. The fourth-order valence-electron chi connectivity index (χ4n) is 1.95. The van der Waals surface area contributed by atoms with Crippen LogP contribution in [0, 0.1) is 10.1 Å². The fraction of sp³-hybridized carbons (Fsp3) is 0.176. The number of nitro groups is 1. The molecule has 0 aliphatic heterocycles. The summed E-state index contributed by atoms with van der Waals surface area (Å²) in [7, 11) is 0. The molecule has 2 aromatic carbocycles. The first-order valence-corrected chi connectivity index (χ1v) is 7.53. The van der Waals surface area contributed by atoms with Crippen molar-refractivity contribution in [1.82, 2.24) is 5.32 Å². The van der Waals surface area contributed by atoms with Gasteiger partial charge < -0.3 is 15.4 Å². The van der Waals surface area contributed by atoms with Crippen LogP contribution in [-0.4, -0.2) is 36.5 Å². The molecule has 1 amide bonds. The number of ether oxygens (including phenoxy) is 1. The molecule has 0 aliphatic carbocycles. The van der Waals surface area contributed by atoms with E-state index in [-0.39, 0.29) is 12.3 Å². The first kappa shape index (κ1) is 17.9. The lowest BCUT2D eigenvalue weighted by Gasteiger charge is -2.08. The minimum Gasteiger partial charge on any atom is -0.452 e. The number of anilines is 1. The largest absolute Gasteiger partial charge is 0.452 e. The van der Waals surface area contributed by atoms with Gasteiger partial charge in [0, 0.05) is 30.9 Å². The number of amides is 1. The smallest absolute Gasteiger partial charge is 0.338 e. The van der Waals surface area contributed by atoms with Crippen LogP contribution < -0.4 is 10.6 Å². The summed E-state index contributed by atoms with van der Waals surface area (Å²) in [6.45, 7) is 0.389. The highest BCUT2D eigenvalue weighted by Crippen LogP contribution is 2.14. The van der Waals surface area contributed by atoms with Crippen LogP contribution in [0.3, 0.4) is 0 Å². The number of hydrogen-bond acceptors (Lipinski definition) is 6. The Bertz CT molecular complexity index is 732. The zero-order valence-electron chi connectivity index (χ0n) is 13.3. The van der Waals surface area contributed by atoms with Crippen LogP contribution in [0.5, 0.6) is 0 Å². The van der Waals surface area contributed by atoms with Crippen molar-refractivity contribution in [2.45, 2.75) is 0 Å². The molecule has 0 unspecified atom stereocenters. The summed E-state index contributed by atoms with van der Waals surface area (Å²) >= 11 is 0. The predicted molar refractivity (Wildman–Crippen MR) is 91.3 cm³/mol. The molecule has 130 valence electrons. The fourth-order valence-corrected chi connectivity index (χ4v) is 1.95. The molecule has 0 heterocycles. The van der Waals surface area contributed by atoms with Crippen molar-refractivity contribution < 1.29 is 19.2 Å². The first-order chi connectivity index (χ1) is 12.1. The monoisotopic (exact) mass is 343 g/mol. The second kappa shape index (κ2) is 9.02. The second-order valence-electron chi connectivity index (χ2n) is 5.02. The summed E-state index contributed by atoms with van der Waals surface area (Å²) in [5, 5.41) is 16.2. The predicted octanol–water partition coefficient (Wildman–Crippen LogP) is 1.98. The number of esters is 1. The van der Waals surface area contributed by atoms with Gasteiger partial charge in [-0.15, -0.1) is 0 Å². The van der Waals surface area contributed by atoms with E-state index in [0.29, 0.717) is 24.3 Å². The molecule has 0 fully saturated rings. The molecule has 0 atom stereocenters. The number of non-ortho nitro benzene ring substituents is 1. The SMILES string of the molecule is O=C(COC(=O)c1ccccc1)NCCNc1ccc([N+](=O)[O-])cc1. The van der Waals surface area contributed by atoms with E-state index in [2.05, 4.69) is 10.6 Å². The number of nitrogens with zero attached hydrogens (tertiary/aromatic N) is 1. The lowest BCUT2D eigenvalue weighted by molar-refractivity contribution is -0.384. The number of carbonyl (C=O) groups excluding carboxylic acids is 2. The third-order valence-corrected chi connectivity index (χ3v) is 3.20. The van der Waals surface area contributed by atoms with E-state index in [0.717, 1.165) is 0 Å². The number of rotatable bonds is 8. The molecule has 2 aromatic rings. The molecule has 25 heavy (non-hydrogen) atoms. The van der Waals surface area contributed by atoms with E-state index in [9.17, 15) is 19.7 Å². The van der Waals surface area contributed by atoms with Gasteiger partial charge in [-0.25, -0.2) is 4.79 Å². The van der Waals surface area contributed by atoms with Gasteiger partial charge in [0.1, 0.15) is 0 Å². The molecule has 8 heteroatoms. The topological polar surface area (TPSA) is 111 Å². The Balaban J connectivity index is 1.63. The Morgan fingerprint density at radius 1 is 1.00 bits per heavy atom. The summed E-state index contributed by atoms with van der Waals surface area (Å²) in [5.41, 5.74) is 1.10. The van der Waals surface area contributed by atoms with Gasteiger partial charge >= 0.3 is 5.97 Å². The van der Waals surface area contributed by atoms with E-state index in [4.69, 9.17) is 4.74 Å². The van der Waals surface area contributed by atoms with Crippen LogP contribution in [0.15, 0.2) is 54.6 Å². The van der Waals surface area contributed by atoms with E-state index in [1.807, 2.05) is 0 Å². The van der Waals surface area contributed by atoms with E-state index >= 15 is 0 Å². The first-order valence-electron chi connectivity index (χ1n) is 7.53. The maximum Gasteiger partial charge on any atom is 0.338 e. The summed E-state index contributed by atoms with van der Waals surface area (Å²) in [4.78, 5) is 33.4. The van der Waals surface area contributed by atoms with Gasteiger partial charge in [0.25, 0.3) is 11.6 Å². The minimum absolute atomic E-state index is 0.0130. The standard InChI is InChI=1S/C17H17N3O5/c21-16(12-25-17(22)13-4-2-1-3-5-13)19-11-10-18-14-6-8-15(9-7-14)20(23)24/h1-9,18H,10-12H2,(H,19,21). The zero-order valence-corrected chi connectivity index (χ0v) is 13.3. The van der Waals surface area contributed by atoms with Gasteiger partial charge in [-0.05, 0) is 24.3 Å². The van der Waals surface area contributed by atoms with Crippen molar-refractivity contribution in [3.05, 3.63) is 70.3 Å². The number of nitro benzene ring substituents is 1. The quantitative estimate of drug-likeness (QED) is 0.328. The Labute approximate surface area is 144 Å². The molecule has 0 aromatic heterocycles. The molecule has 0 saturated heterocycles. The summed E-state index contributed by atoms with van der Waals surface area (Å²) < 4.78 is 4.91. The van der Waals surface area contributed by atoms with Crippen LogP contribution in [-0.2, 0) is 9.53 Å². The summed E-state index contributed by atoms with van der Waals surface area (Å²) in [5.74, 6) is -0.963. The molecule has 2 rings (SSSR count). The van der Waals surface area contributed by atoms with Crippen molar-refractivity contribution in [2.24, 2.45) is 0 Å². The third-order valence-electron chi connectivity index (χ3n) is 3.20. The van der Waals surface area contributed by atoms with Gasteiger partial charge in [-0.1, -0.05) is 18.2 Å². The van der Waals surface area contributed by atoms with Crippen LogP contribution >= 0.6 is 0 Å². The van der Waals surface area contributed by atoms with Gasteiger partial charge in [0.2, 0.25) is 0 Å². The van der Waals surface area contributed by atoms with Gasteiger partial charge in [-0.2, -0.15) is 0 Å². The van der Waals surface area contributed by atoms with Crippen molar-refractivity contribution >= 4 is 23.3 Å². The molecule has 0 radical (unpaired) electrons. The average molecular weight is 343 g/mol. The molecule has 8 nitrogen and oxygen atoms in total. The molecule has 0 aliphatic rings. The molecular formula is C17H17N3O5. The number of hydrogen-bond donors (Lipinski definition) is 2. The van der Waals surface area contributed by atoms with Crippen molar-refractivity contribution in [3.63, 3.8) is 0 Å². The molecule has 0 bridgehead atoms. The van der Waals surface area contributed by atoms with E-state index in [1.54, 1.807) is 42.5 Å². The lowest BCUT2D eigenvalue weighted by Crippen LogP contribution is -2.32. The van der Waals surface area contributed by atoms with Gasteiger partial charge in [0.05, 0.1) is 10.5 Å². The molecular weight excluding hydrogens is 326 g/mol. The summed E-state index contributed by atoms with van der Waals surface area (Å²) in [6.07, 6.45) is 0. The van der Waals surface area contributed by atoms with Gasteiger partial charge in [0.15, 0.2) is 6.61 Å².